The first-order chi connectivity index (χ1) is 15.8. The molecule has 2 amide bonds. The molecule has 2 aromatic rings. The molecule has 0 spiro atoms. The van der Waals surface area contributed by atoms with Gasteiger partial charge < -0.3 is 19.7 Å². The normalized spacial score (nSPS) is 13.2. The first-order valence-electron chi connectivity index (χ1n) is 10.6. The van der Waals surface area contributed by atoms with Crippen molar-refractivity contribution in [3.8, 4) is 0 Å². The van der Waals surface area contributed by atoms with Gasteiger partial charge in [0.05, 0.1) is 36.0 Å². The molecule has 1 aromatic carbocycles. The number of sulfone groups is 1. The summed E-state index contributed by atoms with van der Waals surface area (Å²) in [6.45, 7) is 4.46. The standard InChI is InChI=1S/C22H26N2O7S2/c1-3-30-21(26)19-16-10-12-24(22(27)31-4-2)14-17(16)32-20(19)23-18(25)11-13-33(28,29)15-8-6-5-7-9-15/h5-9H,3-4,10-14H2,1-2H3,(H,23,25). The lowest BCUT2D eigenvalue weighted by molar-refractivity contribution is -0.115. The van der Waals surface area contributed by atoms with E-state index in [1.165, 1.54) is 28.4 Å². The zero-order chi connectivity index (χ0) is 24.0. The highest BCUT2D eigenvalue weighted by molar-refractivity contribution is 7.91. The lowest BCUT2D eigenvalue weighted by atomic mass is 10.0. The number of fused-ring (bicyclic) bond motifs is 1. The molecule has 178 valence electrons. The molecule has 0 atom stereocenters. The van der Waals surface area contributed by atoms with Crippen LogP contribution in [0.3, 0.4) is 0 Å². The third-order valence-corrected chi connectivity index (χ3v) is 7.88. The lowest BCUT2D eigenvalue weighted by Crippen LogP contribution is -2.36. The molecule has 1 N–H and O–H groups in total. The van der Waals surface area contributed by atoms with E-state index in [2.05, 4.69) is 5.32 Å². The first kappa shape index (κ1) is 24.7. The maximum absolute atomic E-state index is 12.6. The van der Waals surface area contributed by atoms with E-state index in [1.54, 1.807) is 32.0 Å². The fourth-order valence-corrected chi connectivity index (χ4v) is 5.97. The van der Waals surface area contributed by atoms with Crippen LogP contribution in [0.5, 0.6) is 0 Å². The van der Waals surface area contributed by atoms with Gasteiger partial charge in [0.25, 0.3) is 0 Å². The van der Waals surface area contributed by atoms with E-state index in [0.29, 0.717) is 18.0 Å². The number of nitrogens with zero attached hydrogens (tertiary/aromatic N) is 1. The van der Waals surface area contributed by atoms with E-state index in [0.717, 1.165) is 10.4 Å². The van der Waals surface area contributed by atoms with Gasteiger partial charge in [-0.15, -0.1) is 11.3 Å². The second-order valence-corrected chi connectivity index (χ2v) is 10.4. The SMILES string of the molecule is CCOC(=O)c1c(NC(=O)CCS(=O)(=O)c2ccccc2)sc2c1CCN(C(=O)OCC)C2. The van der Waals surface area contributed by atoms with E-state index in [-0.39, 0.29) is 42.4 Å². The van der Waals surface area contributed by atoms with Crippen LogP contribution in [0, 0.1) is 0 Å². The molecule has 3 rings (SSSR count). The summed E-state index contributed by atoms with van der Waals surface area (Å²) < 4.78 is 35.2. The molecule has 0 unspecified atom stereocenters. The Morgan fingerprint density at radius 1 is 1.09 bits per heavy atom. The summed E-state index contributed by atoms with van der Waals surface area (Å²) in [5.74, 6) is -1.45. The van der Waals surface area contributed by atoms with Crippen molar-refractivity contribution >= 4 is 44.1 Å². The summed E-state index contributed by atoms with van der Waals surface area (Å²) in [6.07, 6.45) is -0.292. The summed E-state index contributed by atoms with van der Waals surface area (Å²) in [7, 11) is -3.61. The summed E-state index contributed by atoms with van der Waals surface area (Å²) in [6, 6.07) is 7.91. The monoisotopic (exact) mass is 494 g/mol. The molecule has 1 aromatic heterocycles. The number of amides is 2. The van der Waals surface area contributed by atoms with Crippen molar-refractivity contribution in [1.82, 2.24) is 4.90 Å². The summed E-state index contributed by atoms with van der Waals surface area (Å²) in [4.78, 5) is 39.8. The minimum atomic E-state index is -3.61. The summed E-state index contributed by atoms with van der Waals surface area (Å²) >= 11 is 1.18. The molecule has 1 aliphatic rings. The average Bonchev–Trinajstić information content (AvgIpc) is 3.15. The Labute approximate surface area is 196 Å². The Kier molecular flexibility index (Phi) is 8.09. The van der Waals surface area contributed by atoms with E-state index in [4.69, 9.17) is 9.47 Å². The van der Waals surface area contributed by atoms with Gasteiger partial charge in [0, 0.05) is 17.8 Å². The van der Waals surface area contributed by atoms with Crippen LogP contribution in [0.2, 0.25) is 0 Å². The molecule has 11 heteroatoms. The van der Waals surface area contributed by atoms with Gasteiger partial charge in [0.2, 0.25) is 5.91 Å². The topological polar surface area (TPSA) is 119 Å². The molecule has 2 heterocycles. The van der Waals surface area contributed by atoms with Crippen molar-refractivity contribution in [1.29, 1.82) is 0 Å². The van der Waals surface area contributed by atoms with Gasteiger partial charge in [-0.05, 0) is 38.0 Å². The minimum Gasteiger partial charge on any atom is -0.462 e. The number of ether oxygens (including phenoxy) is 2. The lowest BCUT2D eigenvalue weighted by Gasteiger charge is -2.26. The number of hydrogen-bond acceptors (Lipinski definition) is 8. The van der Waals surface area contributed by atoms with Gasteiger partial charge in [-0.3, -0.25) is 4.79 Å². The second-order valence-electron chi connectivity index (χ2n) is 7.23. The largest absolute Gasteiger partial charge is 0.462 e. The molecular formula is C22H26N2O7S2. The van der Waals surface area contributed by atoms with Gasteiger partial charge in [0.1, 0.15) is 5.00 Å². The molecule has 0 bridgehead atoms. The fourth-order valence-electron chi connectivity index (χ4n) is 3.44. The Balaban J connectivity index is 1.77. The van der Waals surface area contributed by atoms with Crippen molar-refractivity contribution in [2.24, 2.45) is 0 Å². The van der Waals surface area contributed by atoms with Crippen molar-refractivity contribution in [2.45, 2.75) is 38.1 Å². The highest BCUT2D eigenvalue weighted by atomic mass is 32.2. The first-order valence-corrected chi connectivity index (χ1v) is 13.0. The molecule has 33 heavy (non-hydrogen) atoms. The van der Waals surface area contributed by atoms with Crippen LogP contribution in [-0.4, -0.2) is 56.8 Å². The van der Waals surface area contributed by atoms with Crippen LogP contribution >= 0.6 is 11.3 Å². The maximum atomic E-state index is 12.6. The quantitative estimate of drug-likeness (QED) is 0.560. The Morgan fingerprint density at radius 3 is 2.45 bits per heavy atom. The van der Waals surface area contributed by atoms with Crippen molar-refractivity contribution in [3.05, 3.63) is 46.3 Å². The second kappa shape index (κ2) is 10.8. The fraction of sp³-hybridized carbons (Fsp3) is 0.409. The predicted octanol–water partition coefficient (Wildman–Crippen LogP) is 3.24. The van der Waals surface area contributed by atoms with Crippen molar-refractivity contribution in [2.75, 3.05) is 30.8 Å². The molecule has 0 saturated carbocycles. The third kappa shape index (κ3) is 5.91. The Bertz CT molecular complexity index is 1130. The molecule has 0 saturated heterocycles. The van der Waals surface area contributed by atoms with Gasteiger partial charge in [-0.25, -0.2) is 18.0 Å². The Morgan fingerprint density at radius 2 is 1.79 bits per heavy atom. The number of carbonyl (C=O) groups excluding carboxylic acids is 3. The maximum Gasteiger partial charge on any atom is 0.410 e. The smallest absolute Gasteiger partial charge is 0.410 e. The molecule has 0 radical (unpaired) electrons. The number of esters is 1. The third-order valence-electron chi connectivity index (χ3n) is 5.02. The summed E-state index contributed by atoms with van der Waals surface area (Å²) in [5, 5.41) is 2.98. The number of rotatable bonds is 8. The number of hydrogen-bond donors (Lipinski definition) is 1. The van der Waals surface area contributed by atoms with Crippen LogP contribution < -0.4 is 5.32 Å². The highest BCUT2D eigenvalue weighted by Gasteiger charge is 2.31. The van der Waals surface area contributed by atoms with E-state index in [1.807, 2.05) is 0 Å². The number of carbonyl (C=O) groups is 3. The summed E-state index contributed by atoms with van der Waals surface area (Å²) in [5.41, 5.74) is 0.992. The zero-order valence-electron chi connectivity index (χ0n) is 18.5. The van der Waals surface area contributed by atoms with E-state index >= 15 is 0 Å². The minimum absolute atomic E-state index is 0.149. The average molecular weight is 495 g/mol. The number of nitrogens with one attached hydrogen (secondary N) is 1. The highest BCUT2D eigenvalue weighted by Crippen LogP contribution is 2.38. The predicted molar refractivity (Wildman–Crippen MR) is 123 cm³/mol. The van der Waals surface area contributed by atoms with Crippen LogP contribution in [0.4, 0.5) is 9.80 Å². The van der Waals surface area contributed by atoms with Crippen LogP contribution in [0.15, 0.2) is 35.2 Å². The number of anilines is 1. The molecule has 1 aliphatic heterocycles. The van der Waals surface area contributed by atoms with E-state index in [9.17, 15) is 22.8 Å². The number of benzene rings is 1. The van der Waals surface area contributed by atoms with Gasteiger partial charge in [-0.2, -0.15) is 0 Å². The zero-order valence-corrected chi connectivity index (χ0v) is 20.1. The van der Waals surface area contributed by atoms with Crippen LogP contribution in [0.1, 0.15) is 41.1 Å². The van der Waals surface area contributed by atoms with Crippen molar-refractivity contribution < 1.29 is 32.3 Å². The Hall–Kier alpha value is -2.92. The van der Waals surface area contributed by atoms with Crippen LogP contribution in [-0.2, 0) is 37.1 Å². The molecule has 0 fully saturated rings. The molecule has 0 aliphatic carbocycles. The van der Waals surface area contributed by atoms with Crippen LogP contribution in [0.25, 0.3) is 0 Å². The molecular weight excluding hydrogens is 468 g/mol. The van der Waals surface area contributed by atoms with E-state index < -0.39 is 27.8 Å². The van der Waals surface area contributed by atoms with Gasteiger partial charge in [-0.1, -0.05) is 18.2 Å². The molecule has 9 nitrogen and oxygen atoms in total. The van der Waals surface area contributed by atoms with Crippen molar-refractivity contribution in [3.63, 3.8) is 0 Å². The van der Waals surface area contributed by atoms with Gasteiger partial charge >= 0.3 is 12.1 Å². The number of thiophene rings is 1. The van der Waals surface area contributed by atoms with Gasteiger partial charge in [0.15, 0.2) is 9.84 Å².